The summed E-state index contributed by atoms with van der Waals surface area (Å²) in [4.78, 5) is 26.8. The third kappa shape index (κ3) is 3.55. The second-order valence-electron chi connectivity index (χ2n) is 7.75. The molecule has 2 heterocycles. The Hall–Kier alpha value is -2.43. The van der Waals surface area contributed by atoms with Crippen LogP contribution in [-0.2, 0) is 6.42 Å². The van der Waals surface area contributed by atoms with Crippen molar-refractivity contribution in [1.29, 1.82) is 0 Å². The summed E-state index contributed by atoms with van der Waals surface area (Å²) in [6.07, 6.45) is 8.33. The molecule has 5 heteroatoms. The van der Waals surface area contributed by atoms with Crippen LogP contribution in [0.2, 0.25) is 0 Å². The van der Waals surface area contributed by atoms with E-state index in [1.54, 1.807) is 0 Å². The van der Waals surface area contributed by atoms with Crippen molar-refractivity contribution in [3.63, 3.8) is 0 Å². The standard InChI is InChI=1S/C22H28N4O/c1-3-17-15-25(2)19-14-23-21(13-20(27)16-9-5-4-6-10-16)24-22(19)26(17)18-11-7-8-12-18/h4-6,9-10,14,17-18H,3,7-8,11-13,15H2,1-2H3/t17-/m1/s1. The quantitative estimate of drug-likeness (QED) is 0.754. The molecular formula is C22H28N4O. The highest BCUT2D eigenvalue weighted by Crippen LogP contribution is 2.38. The minimum atomic E-state index is 0.0687. The fraction of sp³-hybridized carbons (Fsp3) is 0.500. The van der Waals surface area contributed by atoms with Crippen LogP contribution in [0.1, 0.15) is 55.2 Å². The number of rotatable bonds is 5. The molecule has 1 fully saturated rings. The number of fused-ring (bicyclic) bond motifs is 1. The van der Waals surface area contributed by atoms with Gasteiger partial charge in [-0.2, -0.15) is 0 Å². The number of carbonyl (C=O) groups is 1. The molecule has 1 aromatic carbocycles. The molecule has 1 aliphatic carbocycles. The van der Waals surface area contributed by atoms with E-state index in [0.29, 0.717) is 17.9 Å². The third-order valence-corrected chi connectivity index (χ3v) is 5.94. The van der Waals surface area contributed by atoms with Crippen LogP contribution >= 0.6 is 0 Å². The van der Waals surface area contributed by atoms with E-state index in [1.165, 1.54) is 25.7 Å². The van der Waals surface area contributed by atoms with E-state index >= 15 is 0 Å². The number of Topliss-reactive ketones (excluding diaryl/α,β-unsaturated/α-hetero) is 1. The van der Waals surface area contributed by atoms with Crippen molar-refractivity contribution >= 4 is 17.3 Å². The van der Waals surface area contributed by atoms with Crippen LogP contribution < -0.4 is 9.80 Å². The first-order chi connectivity index (χ1) is 13.2. The van der Waals surface area contributed by atoms with Gasteiger partial charge in [0.2, 0.25) is 0 Å². The molecule has 0 radical (unpaired) electrons. The van der Waals surface area contributed by atoms with Gasteiger partial charge < -0.3 is 9.80 Å². The summed E-state index contributed by atoms with van der Waals surface area (Å²) in [5, 5.41) is 0. The molecule has 0 amide bonds. The molecule has 1 aromatic heterocycles. The number of carbonyl (C=O) groups excluding carboxylic acids is 1. The molecule has 0 saturated heterocycles. The Labute approximate surface area is 161 Å². The van der Waals surface area contributed by atoms with E-state index in [2.05, 4.69) is 28.8 Å². The third-order valence-electron chi connectivity index (χ3n) is 5.94. The fourth-order valence-electron chi connectivity index (χ4n) is 4.47. The van der Waals surface area contributed by atoms with Gasteiger partial charge >= 0.3 is 0 Å². The first-order valence-electron chi connectivity index (χ1n) is 10.1. The summed E-state index contributed by atoms with van der Waals surface area (Å²) in [6, 6.07) is 10.5. The first kappa shape index (κ1) is 18.0. The van der Waals surface area contributed by atoms with Gasteiger partial charge in [0.1, 0.15) is 5.82 Å². The Balaban J connectivity index is 1.65. The number of benzene rings is 1. The van der Waals surface area contributed by atoms with Gasteiger partial charge in [0, 0.05) is 31.2 Å². The van der Waals surface area contributed by atoms with Gasteiger partial charge in [-0.15, -0.1) is 0 Å². The SMILES string of the molecule is CC[C@@H]1CN(C)c2cnc(CC(=O)c3ccccc3)nc2N1C1CCCC1. The van der Waals surface area contributed by atoms with E-state index in [-0.39, 0.29) is 12.2 Å². The summed E-state index contributed by atoms with van der Waals surface area (Å²) in [5.74, 6) is 1.71. The second kappa shape index (κ2) is 7.67. The molecule has 1 aliphatic heterocycles. The van der Waals surface area contributed by atoms with Gasteiger partial charge in [-0.3, -0.25) is 4.79 Å². The van der Waals surface area contributed by atoms with Gasteiger partial charge in [0.05, 0.1) is 18.3 Å². The fourth-order valence-corrected chi connectivity index (χ4v) is 4.47. The van der Waals surface area contributed by atoms with Crippen LogP contribution in [0.15, 0.2) is 36.5 Å². The smallest absolute Gasteiger partial charge is 0.170 e. The minimum absolute atomic E-state index is 0.0687. The van der Waals surface area contributed by atoms with Crippen molar-refractivity contribution in [1.82, 2.24) is 9.97 Å². The van der Waals surface area contributed by atoms with E-state index in [4.69, 9.17) is 4.98 Å². The lowest BCUT2D eigenvalue weighted by Gasteiger charge is -2.45. The Kier molecular flexibility index (Phi) is 5.10. The van der Waals surface area contributed by atoms with E-state index in [1.807, 2.05) is 36.5 Å². The highest BCUT2D eigenvalue weighted by molar-refractivity contribution is 5.97. The number of aromatic nitrogens is 2. The molecule has 2 aliphatic rings. The lowest BCUT2D eigenvalue weighted by atomic mass is 10.0. The molecule has 0 spiro atoms. The van der Waals surface area contributed by atoms with Gasteiger partial charge in [-0.25, -0.2) is 9.97 Å². The van der Waals surface area contributed by atoms with Crippen molar-refractivity contribution in [3.8, 4) is 0 Å². The van der Waals surface area contributed by atoms with Crippen LogP contribution in [0.5, 0.6) is 0 Å². The number of anilines is 2. The van der Waals surface area contributed by atoms with Gasteiger partial charge in [-0.05, 0) is 19.3 Å². The highest BCUT2D eigenvalue weighted by Gasteiger charge is 2.35. The number of ketones is 1. The molecular weight excluding hydrogens is 336 g/mol. The maximum atomic E-state index is 12.6. The lowest BCUT2D eigenvalue weighted by Crippen LogP contribution is -2.52. The van der Waals surface area contributed by atoms with Gasteiger partial charge in [0.25, 0.3) is 0 Å². The van der Waals surface area contributed by atoms with Crippen molar-refractivity contribution in [2.24, 2.45) is 0 Å². The monoisotopic (exact) mass is 364 g/mol. The molecule has 4 rings (SSSR count). The maximum absolute atomic E-state index is 12.6. The second-order valence-corrected chi connectivity index (χ2v) is 7.75. The van der Waals surface area contributed by atoms with Crippen molar-refractivity contribution < 1.29 is 4.79 Å². The molecule has 5 nitrogen and oxygen atoms in total. The number of likely N-dealkylation sites (N-methyl/N-ethyl adjacent to an activating group) is 1. The summed E-state index contributed by atoms with van der Waals surface area (Å²) in [6.45, 7) is 3.26. The Morgan fingerprint density at radius 1 is 1.19 bits per heavy atom. The largest absolute Gasteiger partial charge is 0.368 e. The predicted molar refractivity (Wildman–Crippen MR) is 109 cm³/mol. The zero-order valence-electron chi connectivity index (χ0n) is 16.3. The highest BCUT2D eigenvalue weighted by atomic mass is 16.1. The number of hydrogen-bond acceptors (Lipinski definition) is 5. The van der Waals surface area contributed by atoms with E-state index in [9.17, 15) is 4.79 Å². The molecule has 0 unspecified atom stereocenters. The molecule has 0 bridgehead atoms. The Bertz CT molecular complexity index is 801. The Morgan fingerprint density at radius 2 is 1.93 bits per heavy atom. The molecule has 2 aromatic rings. The van der Waals surface area contributed by atoms with Crippen LogP contribution in [0.4, 0.5) is 11.5 Å². The maximum Gasteiger partial charge on any atom is 0.170 e. The van der Waals surface area contributed by atoms with Crippen molar-refractivity contribution in [3.05, 3.63) is 47.9 Å². The summed E-state index contributed by atoms with van der Waals surface area (Å²) in [5.41, 5.74) is 1.80. The number of hydrogen-bond donors (Lipinski definition) is 0. The van der Waals surface area contributed by atoms with Crippen molar-refractivity contribution in [2.45, 2.75) is 57.5 Å². The van der Waals surface area contributed by atoms with E-state index in [0.717, 1.165) is 30.0 Å². The van der Waals surface area contributed by atoms with Crippen LogP contribution in [0.3, 0.4) is 0 Å². The summed E-state index contributed by atoms with van der Waals surface area (Å²) >= 11 is 0. The normalized spacial score (nSPS) is 20.0. The average molecular weight is 364 g/mol. The predicted octanol–water partition coefficient (Wildman–Crippen LogP) is 3.88. The summed E-state index contributed by atoms with van der Waals surface area (Å²) < 4.78 is 0. The zero-order chi connectivity index (χ0) is 18.8. The number of nitrogens with zero attached hydrogens (tertiary/aromatic N) is 4. The van der Waals surface area contributed by atoms with Crippen molar-refractivity contribution in [2.75, 3.05) is 23.4 Å². The zero-order valence-corrected chi connectivity index (χ0v) is 16.3. The molecule has 0 N–H and O–H groups in total. The van der Waals surface area contributed by atoms with Crippen LogP contribution in [0.25, 0.3) is 0 Å². The minimum Gasteiger partial charge on any atom is -0.368 e. The Morgan fingerprint density at radius 3 is 2.63 bits per heavy atom. The van der Waals surface area contributed by atoms with Gasteiger partial charge in [-0.1, -0.05) is 50.1 Å². The molecule has 1 atom stereocenters. The average Bonchev–Trinajstić information content (AvgIpc) is 3.22. The molecule has 27 heavy (non-hydrogen) atoms. The topological polar surface area (TPSA) is 49.3 Å². The molecule has 142 valence electrons. The van der Waals surface area contributed by atoms with Gasteiger partial charge in [0.15, 0.2) is 11.6 Å². The molecule has 1 saturated carbocycles. The first-order valence-corrected chi connectivity index (χ1v) is 10.1. The summed E-state index contributed by atoms with van der Waals surface area (Å²) in [7, 11) is 2.12. The lowest BCUT2D eigenvalue weighted by molar-refractivity contribution is 0.0991. The van der Waals surface area contributed by atoms with E-state index < -0.39 is 0 Å². The van der Waals surface area contributed by atoms with Crippen LogP contribution in [0, 0.1) is 0 Å². The van der Waals surface area contributed by atoms with Crippen LogP contribution in [-0.4, -0.2) is 41.4 Å².